The third kappa shape index (κ3) is 12.6. The Balaban J connectivity index is 3.16. The lowest BCUT2D eigenvalue weighted by atomic mass is 10.3. The summed E-state index contributed by atoms with van der Waals surface area (Å²) in [7, 11) is 0. The van der Waals surface area contributed by atoms with Gasteiger partial charge in [-0.1, -0.05) is 0 Å². The predicted molar refractivity (Wildman–Crippen MR) is 66.4 cm³/mol. The van der Waals surface area contributed by atoms with Gasteiger partial charge < -0.3 is 27.4 Å². The highest BCUT2D eigenvalue weighted by atomic mass is 16.2. The number of hydrogen-bond acceptors (Lipinski definition) is 4. The van der Waals surface area contributed by atoms with Crippen LogP contribution in [0.1, 0.15) is 19.3 Å². The van der Waals surface area contributed by atoms with Crippen LogP contribution in [0.3, 0.4) is 0 Å². The van der Waals surface area contributed by atoms with E-state index in [-0.39, 0.29) is 12.6 Å². The molecule has 0 bridgehead atoms. The lowest BCUT2D eigenvalue weighted by Gasteiger charge is -2.06. The normalized spacial score (nSPS) is 9.94. The quantitative estimate of drug-likeness (QED) is 0.300. The number of urea groups is 1. The summed E-state index contributed by atoms with van der Waals surface area (Å²) in [5.74, 6) is -0.552. The van der Waals surface area contributed by atoms with Crippen LogP contribution in [-0.4, -0.2) is 44.7 Å². The molecule has 17 heavy (non-hydrogen) atoms. The van der Waals surface area contributed by atoms with Crippen molar-refractivity contribution in [3.05, 3.63) is 0 Å². The fourth-order valence-electron chi connectivity index (χ4n) is 1.16. The van der Waals surface area contributed by atoms with Gasteiger partial charge >= 0.3 is 6.03 Å². The van der Waals surface area contributed by atoms with Crippen LogP contribution in [0.5, 0.6) is 0 Å². The average Bonchev–Trinajstić information content (AvgIpc) is 2.30. The van der Waals surface area contributed by atoms with E-state index in [2.05, 4.69) is 16.0 Å². The molecule has 0 aliphatic carbocycles. The lowest BCUT2D eigenvalue weighted by Crippen LogP contribution is -2.40. The molecule has 0 aliphatic rings. The van der Waals surface area contributed by atoms with Gasteiger partial charge in [0.2, 0.25) is 5.91 Å². The van der Waals surface area contributed by atoms with E-state index in [9.17, 15) is 9.59 Å². The summed E-state index contributed by atoms with van der Waals surface area (Å²) in [6.07, 6.45) is 2.86. The third-order valence-electron chi connectivity index (χ3n) is 2.05. The van der Waals surface area contributed by atoms with E-state index in [4.69, 9.17) is 11.5 Å². The summed E-state index contributed by atoms with van der Waals surface area (Å²) < 4.78 is 0. The topological polar surface area (TPSA) is 122 Å². The van der Waals surface area contributed by atoms with Gasteiger partial charge in [-0.2, -0.15) is 0 Å². The minimum Gasteiger partial charge on any atom is -0.368 e. The van der Waals surface area contributed by atoms with E-state index in [1.807, 2.05) is 0 Å². The summed E-state index contributed by atoms with van der Waals surface area (Å²) >= 11 is 0. The molecule has 0 aromatic heterocycles. The number of primary amides is 1. The maximum absolute atomic E-state index is 11.1. The molecule has 0 spiro atoms. The van der Waals surface area contributed by atoms with Gasteiger partial charge in [0, 0.05) is 6.54 Å². The Kier molecular flexibility index (Phi) is 10.3. The number of carbonyl (C=O) groups is 2. The van der Waals surface area contributed by atoms with Gasteiger partial charge in [0.15, 0.2) is 0 Å². The third-order valence-corrected chi connectivity index (χ3v) is 2.05. The van der Waals surface area contributed by atoms with Crippen LogP contribution < -0.4 is 27.4 Å². The Morgan fingerprint density at radius 1 is 0.941 bits per heavy atom. The zero-order chi connectivity index (χ0) is 12.9. The van der Waals surface area contributed by atoms with E-state index < -0.39 is 5.91 Å². The summed E-state index contributed by atoms with van der Waals surface area (Å²) in [5.41, 5.74) is 10.2. The van der Waals surface area contributed by atoms with Crippen LogP contribution in [0.2, 0.25) is 0 Å². The van der Waals surface area contributed by atoms with Crippen LogP contribution in [0.25, 0.3) is 0 Å². The van der Waals surface area contributed by atoms with E-state index >= 15 is 0 Å². The predicted octanol–water partition coefficient (Wildman–Crippen LogP) is -1.51. The Morgan fingerprint density at radius 2 is 1.59 bits per heavy atom. The van der Waals surface area contributed by atoms with Crippen molar-refractivity contribution in [2.75, 3.05) is 32.7 Å². The minimum absolute atomic E-state index is 0.132. The number of rotatable bonds is 10. The number of hydrogen-bond donors (Lipinski definition) is 5. The maximum atomic E-state index is 11.1. The highest BCUT2D eigenvalue weighted by molar-refractivity contribution is 5.82. The molecule has 0 heterocycles. The zero-order valence-electron chi connectivity index (χ0n) is 10.1. The maximum Gasteiger partial charge on any atom is 0.315 e. The SMILES string of the molecule is NCCCNCCCCNC(=O)NCC(N)=O. The molecule has 0 unspecified atom stereocenters. The highest BCUT2D eigenvalue weighted by Gasteiger charge is 2.00. The van der Waals surface area contributed by atoms with Gasteiger partial charge in [0.05, 0.1) is 6.54 Å². The molecular formula is C10H23N5O2. The van der Waals surface area contributed by atoms with Crippen LogP contribution >= 0.6 is 0 Å². The second-order valence-corrected chi connectivity index (χ2v) is 3.68. The highest BCUT2D eigenvalue weighted by Crippen LogP contribution is 1.84. The van der Waals surface area contributed by atoms with Gasteiger partial charge in [0.1, 0.15) is 0 Å². The van der Waals surface area contributed by atoms with Crippen molar-refractivity contribution in [2.24, 2.45) is 11.5 Å². The fourth-order valence-corrected chi connectivity index (χ4v) is 1.16. The van der Waals surface area contributed by atoms with Crippen molar-refractivity contribution in [1.29, 1.82) is 0 Å². The molecule has 0 atom stereocenters. The van der Waals surface area contributed by atoms with Crippen LogP contribution in [0.4, 0.5) is 4.79 Å². The zero-order valence-corrected chi connectivity index (χ0v) is 10.1. The van der Waals surface area contributed by atoms with Gasteiger partial charge in [-0.3, -0.25) is 4.79 Å². The van der Waals surface area contributed by atoms with Gasteiger partial charge in [-0.25, -0.2) is 4.79 Å². The summed E-state index contributed by atoms with van der Waals surface area (Å²) in [6, 6.07) is -0.361. The second-order valence-electron chi connectivity index (χ2n) is 3.68. The molecule has 0 rings (SSSR count). The number of unbranched alkanes of at least 4 members (excludes halogenated alkanes) is 1. The first kappa shape index (κ1) is 15.7. The largest absolute Gasteiger partial charge is 0.368 e. The molecule has 0 fully saturated rings. The second kappa shape index (κ2) is 11.2. The fraction of sp³-hybridized carbons (Fsp3) is 0.800. The Morgan fingerprint density at radius 3 is 2.24 bits per heavy atom. The summed E-state index contributed by atoms with van der Waals surface area (Å²) in [6.45, 7) is 3.01. The standard InChI is InChI=1S/C10H23N5O2/c11-4-3-6-13-5-1-2-7-14-10(17)15-8-9(12)16/h13H,1-8,11H2,(H2,12,16)(H2,14,15,17). The molecule has 0 aromatic carbocycles. The first-order chi connectivity index (χ1) is 8.16. The molecule has 0 saturated carbocycles. The summed E-state index contributed by atoms with van der Waals surface area (Å²) in [4.78, 5) is 21.4. The van der Waals surface area contributed by atoms with Crippen molar-refractivity contribution < 1.29 is 9.59 Å². The number of amides is 3. The van der Waals surface area contributed by atoms with Crippen molar-refractivity contribution in [2.45, 2.75) is 19.3 Å². The van der Waals surface area contributed by atoms with Crippen molar-refractivity contribution in [3.63, 3.8) is 0 Å². The van der Waals surface area contributed by atoms with E-state index in [0.717, 1.165) is 32.4 Å². The first-order valence-electron chi connectivity index (χ1n) is 5.87. The Hall–Kier alpha value is -1.34. The molecule has 0 aromatic rings. The van der Waals surface area contributed by atoms with E-state index in [0.29, 0.717) is 13.1 Å². The molecule has 0 saturated heterocycles. The van der Waals surface area contributed by atoms with E-state index in [1.165, 1.54) is 0 Å². The number of nitrogens with one attached hydrogen (secondary N) is 3. The number of nitrogens with two attached hydrogens (primary N) is 2. The first-order valence-corrected chi connectivity index (χ1v) is 5.87. The molecule has 7 nitrogen and oxygen atoms in total. The van der Waals surface area contributed by atoms with Gasteiger partial charge in [-0.15, -0.1) is 0 Å². The van der Waals surface area contributed by atoms with Gasteiger partial charge in [-0.05, 0) is 38.9 Å². The Labute approximate surface area is 102 Å². The molecule has 3 amide bonds. The van der Waals surface area contributed by atoms with Crippen molar-refractivity contribution >= 4 is 11.9 Å². The minimum atomic E-state index is -0.552. The Bertz CT molecular complexity index is 223. The van der Waals surface area contributed by atoms with Crippen LogP contribution in [-0.2, 0) is 4.79 Å². The number of carbonyl (C=O) groups excluding carboxylic acids is 2. The molecule has 100 valence electrons. The molecule has 7 N–H and O–H groups in total. The van der Waals surface area contributed by atoms with Gasteiger partial charge in [0.25, 0.3) is 0 Å². The lowest BCUT2D eigenvalue weighted by molar-refractivity contribution is -0.117. The molecular weight excluding hydrogens is 222 g/mol. The molecule has 0 aliphatic heterocycles. The monoisotopic (exact) mass is 245 g/mol. The summed E-state index contributed by atoms with van der Waals surface area (Å²) in [5, 5.41) is 8.23. The smallest absolute Gasteiger partial charge is 0.315 e. The van der Waals surface area contributed by atoms with Crippen LogP contribution in [0, 0.1) is 0 Å². The van der Waals surface area contributed by atoms with Crippen LogP contribution in [0.15, 0.2) is 0 Å². The van der Waals surface area contributed by atoms with Crippen molar-refractivity contribution in [1.82, 2.24) is 16.0 Å². The molecule has 0 radical (unpaired) electrons. The molecule has 7 heteroatoms. The average molecular weight is 245 g/mol. The van der Waals surface area contributed by atoms with Crippen molar-refractivity contribution in [3.8, 4) is 0 Å². The van der Waals surface area contributed by atoms with E-state index in [1.54, 1.807) is 0 Å².